The van der Waals surface area contributed by atoms with Gasteiger partial charge in [0.05, 0.1) is 6.26 Å². The van der Waals surface area contributed by atoms with Crippen LogP contribution in [0.4, 0.5) is 0 Å². The summed E-state index contributed by atoms with van der Waals surface area (Å²) < 4.78 is 26.1. The zero-order chi connectivity index (χ0) is 15.6. The van der Waals surface area contributed by atoms with E-state index in [0.29, 0.717) is 19.5 Å². The van der Waals surface area contributed by atoms with Crippen LogP contribution in [-0.2, 0) is 16.6 Å². The summed E-state index contributed by atoms with van der Waals surface area (Å²) in [6.07, 6.45) is 6.49. The third-order valence-corrected chi connectivity index (χ3v) is 3.38. The van der Waals surface area contributed by atoms with Crippen LogP contribution in [-0.4, -0.2) is 57.1 Å². The van der Waals surface area contributed by atoms with E-state index in [1.807, 2.05) is 16.9 Å². The molecule has 0 bridgehead atoms. The number of hydrogen-bond acceptors (Lipinski definition) is 4. The Morgan fingerprint density at radius 1 is 1.23 bits per heavy atom. The van der Waals surface area contributed by atoms with Gasteiger partial charge in [-0.2, -0.15) is 5.10 Å². The van der Waals surface area contributed by atoms with E-state index in [1.165, 1.54) is 0 Å². The zero-order valence-corrected chi connectivity index (χ0v) is 16.1. The topological polar surface area (TPSA) is 100 Å². The standard InChI is InChI=1S/C12H24N6O2S.HI/c1-13-12(14-6-3-9-17-21(2,19)20)15-7-4-10-18-11-5-8-16-18;/h5,8,11,17H,3-4,6-7,9-10H2,1-2H3,(H2,13,14,15);1H. The van der Waals surface area contributed by atoms with E-state index in [1.54, 1.807) is 13.2 Å². The highest BCUT2D eigenvalue weighted by molar-refractivity contribution is 14.0. The van der Waals surface area contributed by atoms with Crippen LogP contribution in [0.3, 0.4) is 0 Å². The van der Waals surface area contributed by atoms with Crippen molar-refractivity contribution in [3.8, 4) is 0 Å². The highest BCUT2D eigenvalue weighted by atomic mass is 127. The van der Waals surface area contributed by atoms with Gasteiger partial charge in [-0.1, -0.05) is 0 Å². The molecule has 0 atom stereocenters. The molecular weight excluding hydrogens is 419 g/mol. The molecule has 0 aliphatic heterocycles. The largest absolute Gasteiger partial charge is 0.356 e. The predicted octanol–water partition coefficient (Wildman–Crippen LogP) is -0.00450. The van der Waals surface area contributed by atoms with Gasteiger partial charge >= 0.3 is 0 Å². The van der Waals surface area contributed by atoms with Crippen molar-refractivity contribution in [2.45, 2.75) is 19.4 Å². The van der Waals surface area contributed by atoms with Gasteiger partial charge in [-0.05, 0) is 18.9 Å². The summed E-state index contributed by atoms with van der Waals surface area (Å²) >= 11 is 0. The second kappa shape index (κ2) is 11.7. The molecule has 8 nitrogen and oxygen atoms in total. The Labute approximate surface area is 149 Å². The van der Waals surface area contributed by atoms with Crippen LogP contribution >= 0.6 is 24.0 Å². The molecule has 10 heteroatoms. The summed E-state index contributed by atoms with van der Waals surface area (Å²) in [6, 6.07) is 1.90. The van der Waals surface area contributed by atoms with Crippen molar-refractivity contribution in [1.29, 1.82) is 0 Å². The van der Waals surface area contributed by atoms with Crippen LogP contribution in [0.2, 0.25) is 0 Å². The van der Waals surface area contributed by atoms with E-state index < -0.39 is 10.0 Å². The van der Waals surface area contributed by atoms with Gasteiger partial charge in [-0.15, -0.1) is 24.0 Å². The molecule has 0 aliphatic carbocycles. The lowest BCUT2D eigenvalue weighted by molar-refractivity contribution is 0.569. The molecule has 0 aromatic carbocycles. The summed E-state index contributed by atoms with van der Waals surface area (Å²) in [5.41, 5.74) is 0. The summed E-state index contributed by atoms with van der Waals surface area (Å²) in [6.45, 7) is 2.72. The van der Waals surface area contributed by atoms with Crippen LogP contribution in [0.5, 0.6) is 0 Å². The van der Waals surface area contributed by atoms with Gasteiger partial charge in [0.15, 0.2) is 5.96 Å². The summed E-state index contributed by atoms with van der Waals surface area (Å²) in [4.78, 5) is 4.10. The SMILES string of the molecule is CN=C(NCCCNS(C)(=O)=O)NCCCn1cccn1.I. The molecule has 1 aromatic heterocycles. The van der Waals surface area contributed by atoms with Gasteiger partial charge in [0.1, 0.15) is 0 Å². The monoisotopic (exact) mass is 444 g/mol. The lowest BCUT2D eigenvalue weighted by atomic mass is 10.4. The third-order valence-electron chi connectivity index (χ3n) is 2.65. The molecule has 1 rings (SSSR count). The Balaban J connectivity index is 0.00000441. The average molecular weight is 444 g/mol. The van der Waals surface area contributed by atoms with E-state index in [0.717, 1.165) is 31.7 Å². The molecule has 0 saturated heterocycles. The number of hydrogen-bond donors (Lipinski definition) is 3. The molecule has 3 N–H and O–H groups in total. The van der Waals surface area contributed by atoms with Crippen LogP contribution < -0.4 is 15.4 Å². The minimum Gasteiger partial charge on any atom is -0.356 e. The maximum absolute atomic E-state index is 10.9. The van der Waals surface area contributed by atoms with Gasteiger partial charge in [0, 0.05) is 45.6 Å². The van der Waals surface area contributed by atoms with E-state index >= 15 is 0 Å². The maximum atomic E-state index is 10.9. The lowest BCUT2D eigenvalue weighted by Gasteiger charge is -2.11. The Bertz CT molecular complexity index is 518. The fourth-order valence-corrected chi connectivity index (χ4v) is 2.17. The van der Waals surface area contributed by atoms with Crippen molar-refractivity contribution in [1.82, 2.24) is 25.1 Å². The maximum Gasteiger partial charge on any atom is 0.208 e. The first-order valence-electron chi connectivity index (χ1n) is 6.88. The lowest BCUT2D eigenvalue weighted by Crippen LogP contribution is -2.39. The summed E-state index contributed by atoms with van der Waals surface area (Å²) in [5, 5.41) is 10.5. The fraction of sp³-hybridized carbons (Fsp3) is 0.667. The number of aliphatic imine (C=N–C) groups is 1. The van der Waals surface area contributed by atoms with Crippen molar-refractivity contribution in [3.05, 3.63) is 18.5 Å². The Kier molecular flexibility index (Phi) is 11.2. The van der Waals surface area contributed by atoms with Gasteiger partial charge < -0.3 is 10.6 Å². The molecule has 0 unspecified atom stereocenters. The number of nitrogens with zero attached hydrogens (tertiary/aromatic N) is 3. The first-order valence-corrected chi connectivity index (χ1v) is 8.77. The number of nitrogens with one attached hydrogen (secondary N) is 3. The number of aryl methyl sites for hydroxylation is 1. The van der Waals surface area contributed by atoms with Crippen LogP contribution in [0.1, 0.15) is 12.8 Å². The normalized spacial score (nSPS) is 11.8. The molecule has 0 spiro atoms. The number of guanidine groups is 1. The molecule has 128 valence electrons. The molecule has 1 aromatic rings. The van der Waals surface area contributed by atoms with Crippen molar-refractivity contribution in [3.63, 3.8) is 0 Å². The van der Waals surface area contributed by atoms with Crippen LogP contribution in [0.15, 0.2) is 23.5 Å². The quantitative estimate of drug-likeness (QED) is 0.216. The van der Waals surface area contributed by atoms with Gasteiger partial charge in [0.2, 0.25) is 10.0 Å². The van der Waals surface area contributed by atoms with Crippen molar-refractivity contribution >= 4 is 40.0 Å². The highest BCUT2D eigenvalue weighted by Crippen LogP contribution is 1.88. The highest BCUT2D eigenvalue weighted by Gasteiger charge is 2.00. The van der Waals surface area contributed by atoms with E-state index in [9.17, 15) is 8.42 Å². The molecule has 1 heterocycles. The second-order valence-corrected chi connectivity index (χ2v) is 6.40. The minimum atomic E-state index is -3.10. The van der Waals surface area contributed by atoms with Crippen LogP contribution in [0, 0.1) is 0 Å². The Hall–Kier alpha value is -0.880. The molecule has 0 radical (unpaired) electrons. The minimum absolute atomic E-state index is 0. The number of rotatable bonds is 9. The van der Waals surface area contributed by atoms with Crippen molar-refractivity contribution in [2.24, 2.45) is 4.99 Å². The number of aromatic nitrogens is 2. The molecule has 0 saturated carbocycles. The first-order chi connectivity index (χ1) is 10.0. The van der Waals surface area contributed by atoms with Crippen LogP contribution in [0.25, 0.3) is 0 Å². The smallest absolute Gasteiger partial charge is 0.208 e. The third kappa shape index (κ3) is 10.8. The van der Waals surface area contributed by atoms with E-state index in [4.69, 9.17) is 0 Å². The van der Waals surface area contributed by atoms with Crippen molar-refractivity contribution in [2.75, 3.05) is 32.9 Å². The second-order valence-electron chi connectivity index (χ2n) is 4.57. The summed E-state index contributed by atoms with van der Waals surface area (Å²) in [5.74, 6) is 0.717. The average Bonchev–Trinajstić information content (AvgIpc) is 2.92. The first kappa shape index (κ1) is 21.1. The number of halogens is 1. The molecular formula is C12H25IN6O2S. The molecule has 22 heavy (non-hydrogen) atoms. The molecule has 0 amide bonds. The Morgan fingerprint density at radius 3 is 2.45 bits per heavy atom. The summed E-state index contributed by atoms with van der Waals surface area (Å²) in [7, 11) is -1.40. The van der Waals surface area contributed by atoms with Gasteiger partial charge in [0.25, 0.3) is 0 Å². The van der Waals surface area contributed by atoms with E-state index in [2.05, 4.69) is 25.4 Å². The predicted molar refractivity (Wildman–Crippen MR) is 99.1 cm³/mol. The molecule has 0 aliphatic rings. The molecule has 0 fully saturated rings. The zero-order valence-electron chi connectivity index (χ0n) is 12.9. The van der Waals surface area contributed by atoms with E-state index in [-0.39, 0.29) is 24.0 Å². The van der Waals surface area contributed by atoms with Gasteiger partial charge in [-0.3, -0.25) is 9.67 Å². The number of sulfonamides is 1. The van der Waals surface area contributed by atoms with Gasteiger partial charge in [-0.25, -0.2) is 13.1 Å². The fourth-order valence-electron chi connectivity index (χ4n) is 1.65. The Morgan fingerprint density at radius 2 is 1.91 bits per heavy atom. The van der Waals surface area contributed by atoms with Crippen molar-refractivity contribution < 1.29 is 8.42 Å².